The molecule has 0 radical (unpaired) electrons. The van der Waals surface area contributed by atoms with Gasteiger partial charge in [-0.05, 0) is 41.8 Å². The summed E-state index contributed by atoms with van der Waals surface area (Å²) in [5.41, 5.74) is 4.22. The van der Waals surface area contributed by atoms with Gasteiger partial charge in [0.05, 0.1) is 11.9 Å². The molecule has 0 amide bonds. The minimum atomic E-state index is 0.388. The van der Waals surface area contributed by atoms with Crippen molar-refractivity contribution in [3.8, 4) is 11.1 Å². The van der Waals surface area contributed by atoms with Crippen LogP contribution >= 0.6 is 15.9 Å². The van der Waals surface area contributed by atoms with E-state index >= 15 is 0 Å². The number of hydrogen-bond donors (Lipinski definition) is 0. The maximum Gasteiger partial charge on any atom is 0.158 e. The third-order valence-corrected chi connectivity index (χ3v) is 4.66. The molecule has 6 heteroatoms. The molecule has 0 unspecified atom stereocenters. The van der Waals surface area contributed by atoms with Crippen molar-refractivity contribution in [3.05, 3.63) is 40.4 Å². The Morgan fingerprint density at radius 2 is 2.17 bits per heavy atom. The Labute approximate surface area is 141 Å². The number of aryl methyl sites for hydroxylation is 1. The average molecular weight is 371 g/mol. The van der Waals surface area contributed by atoms with E-state index in [2.05, 4.69) is 26.0 Å². The molecule has 0 saturated heterocycles. The first-order chi connectivity index (χ1) is 11.2. The summed E-state index contributed by atoms with van der Waals surface area (Å²) in [7, 11) is 0. The van der Waals surface area contributed by atoms with E-state index in [1.54, 1.807) is 18.6 Å². The second kappa shape index (κ2) is 5.53. The molecule has 1 aliphatic rings. The van der Waals surface area contributed by atoms with E-state index in [-0.39, 0.29) is 0 Å². The van der Waals surface area contributed by atoms with Crippen molar-refractivity contribution in [2.45, 2.75) is 32.2 Å². The van der Waals surface area contributed by atoms with Gasteiger partial charge in [-0.25, -0.2) is 9.67 Å². The number of aromatic nitrogens is 4. The summed E-state index contributed by atoms with van der Waals surface area (Å²) in [5, 5.41) is 5.33. The molecule has 0 N–H and O–H groups in total. The molecule has 0 atom stereocenters. The summed E-state index contributed by atoms with van der Waals surface area (Å²) in [5.74, 6) is 0.388. The number of rotatable bonds is 4. The second-order valence-corrected chi connectivity index (χ2v) is 6.68. The van der Waals surface area contributed by atoms with Crippen LogP contribution in [-0.2, 0) is 6.54 Å². The first kappa shape index (κ1) is 14.5. The van der Waals surface area contributed by atoms with E-state index in [0.29, 0.717) is 11.5 Å². The Balaban J connectivity index is 2.10. The van der Waals surface area contributed by atoms with Gasteiger partial charge >= 0.3 is 0 Å². The zero-order valence-corrected chi connectivity index (χ0v) is 14.2. The summed E-state index contributed by atoms with van der Waals surface area (Å²) in [6.45, 7) is 2.79. The Bertz CT molecular complexity index is 914. The van der Waals surface area contributed by atoms with Gasteiger partial charge in [-0.3, -0.25) is 9.78 Å². The van der Waals surface area contributed by atoms with Gasteiger partial charge in [-0.1, -0.05) is 0 Å². The van der Waals surface area contributed by atoms with Crippen molar-refractivity contribution in [3.63, 3.8) is 0 Å². The maximum absolute atomic E-state index is 11.9. The number of hydrogen-bond acceptors (Lipinski definition) is 4. The van der Waals surface area contributed by atoms with Crippen molar-refractivity contribution >= 4 is 33.2 Å². The number of nitrogens with zero attached hydrogens (tertiary/aromatic N) is 4. The number of pyridine rings is 2. The lowest BCUT2D eigenvalue weighted by atomic mass is 9.96. The number of halogens is 1. The highest BCUT2D eigenvalue weighted by molar-refractivity contribution is 9.10. The van der Waals surface area contributed by atoms with Crippen LogP contribution in [0.15, 0.2) is 29.1 Å². The Morgan fingerprint density at radius 1 is 1.35 bits per heavy atom. The van der Waals surface area contributed by atoms with Gasteiger partial charge in [-0.15, -0.1) is 0 Å². The molecule has 23 heavy (non-hydrogen) atoms. The minimum absolute atomic E-state index is 0.388. The quantitative estimate of drug-likeness (QED) is 0.652. The third-order valence-electron chi connectivity index (χ3n) is 4.23. The third kappa shape index (κ3) is 2.37. The first-order valence-electron chi connectivity index (χ1n) is 7.68. The zero-order valence-electron chi connectivity index (χ0n) is 12.7. The van der Waals surface area contributed by atoms with Crippen LogP contribution in [0.3, 0.4) is 0 Å². The summed E-state index contributed by atoms with van der Waals surface area (Å²) >= 11 is 3.46. The lowest BCUT2D eigenvalue weighted by molar-refractivity contribution is 0.112. The molecule has 4 rings (SSSR count). The Hall–Kier alpha value is -2.08. The highest BCUT2D eigenvalue weighted by Crippen LogP contribution is 2.44. The van der Waals surface area contributed by atoms with Crippen LogP contribution in [0.4, 0.5) is 0 Å². The van der Waals surface area contributed by atoms with Crippen LogP contribution in [0.2, 0.25) is 0 Å². The van der Waals surface area contributed by atoms with Crippen LogP contribution in [0.25, 0.3) is 22.2 Å². The molecule has 1 saturated carbocycles. The molecule has 0 aliphatic heterocycles. The predicted octanol–water partition coefficient (Wildman–Crippen LogP) is 3.97. The van der Waals surface area contributed by atoms with Gasteiger partial charge in [0, 0.05) is 51.4 Å². The minimum Gasteiger partial charge on any atom is -0.298 e. The van der Waals surface area contributed by atoms with Crippen molar-refractivity contribution in [2.24, 2.45) is 0 Å². The van der Waals surface area contributed by atoms with Crippen LogP contribution in [0, 0.1) is 0 Å². The summed E-state index contributed by atoms with van der Waals surface area (Å²) in [4.78, 5) is 20.9. The average Bonchev–Trinajstić information content (AvgIpc) is 3.33. The molecule has 1 aliphatic carbocycles. The van der Waals surface area contributed by atoms with E-state index in [1.165, 1.54) is 0 Å². The number of carbonyl (C=O) groups excluding carboxylic acids is 1. The normalized spacial score (nSPS) is 14.3. The standard InChI is InChI=1S/C17H15BrN4O/c1-2-22-17-13(8-20-22)15(11-5-12(18)7-19-6-11)14(9-23)16(21-17)10-3-4-10/h5-10H,2-4H2,1H3. The maximum atomic E-state index is 11.9. The first-order valence-corrected chi connectivity index (χ1v) is 8.47. The van der Waals surface area contributed by atoms with E-state index in [1.807, 2.05) is 17.7 Å². The number of aldehydes is 1. The number of carbonyl (C=O) groups is 1. The van der Waals surface area contributed by atoms with E-state index in [4.69, 9.17) is 4.98 Å². The largest absolute Gasteiger partial charge is 0.298 e. The van der Waals surface area contributed by atoms with E-state index < -0.39 is 0 Å². The van der Waals surface area contributed by atoms with Crippen molar-refractivity contribution in [2.75, 3.05) is 0 Å². The topological polar surface area (TPSA) is 60.7 Å². The number of fused-ring (bicyclic) bond motifs is 1. The van der Waals surface area contributed by atoms with Crippen LogP contribution in [0.5, 0.6) is 0 Å². The zero-order chi connectivity index (χ0) is 16.0. The van der Waals surface area contributed by atoms with Gasteiger partial charge in [0.2, 0.25) is 0 Å². The Kier molecular flexibility index (Phi) is 3.49. The fourth-order valence-corrected chi connectivity index (χ4v) is 3.36. The SMILES string of the molecule is CCn1ncc2c(-c3cncc(Br)c3)c(C=O)c(C3CC3)nc21. The molecule has 116 valence electrons. The lowest BCUT2D eigenvalue weighted by Gasteiger charge is -2.12. The second-order valence-electron chi connectivity index (χ2n) is 5.77. The van der Waals surface area contributed by atoms with Crippen molar-refractivity contribution < 1.29 is 4.79 Å². The molecular formula is C17H15BrN4O. The van der Waals surface area contributed by atoms with E-state index in [9.17, 15) is 4.79 Å². The van der Waals surface area contributed by atoms with Crippen LogP contribution in [-0.4, -0.2) is 26.0 Å². The smallest absolute Gasteiger partial charge is 0.158 e. The van der Waals surface area contributed by atoms with Crippen molar-refractivity contribution in [1.82, 2.24) is 19.7 Å². The molecule has 3 aromatic heterocycles. The highest BCUT2D eigenvalue weighted by Gasteiger charge is 2.31. The van der Waals surface area contributed by atoms with Crippen LogP contribution < -0.4 is 0 Å². The molecule has 0 aromatic carbocycles. The van der Waals surface area contributed by atoms with Gasteiger partial charge < -0.3 is 0 Å². The fraction of sp³-hybridized carbons (Fsp3) is 0.294. The van der Waals surface area contributed by atoms with Crippen molar-refractivity contribution in [1.29, 1.82) is 0 Å². The van der Waals surface area contributed by atoms with Gasteiger partial charge in [0.25, 0.3) is 0 Å². The van der Waals surface area contributed by atoms with E-state index in [0.717, 1.165) is 58.0 Å². The molecule has 5 nitrogen and oxygen atoms in total. The predicted molar refractivity (Wildman–Crippen MR) is 91.5 cm³/mol. The molecule has 3 aromatic rings. The van der Waals surface area contributed by atoms with Gasteiger partial charge in [0.15, 0.2) is 11.9 Å². The fourth-order valence-electron chi connectivity index (χ4n) is 3.00. The highest BCUT2D eigenvalue weighted by atomic mass is 79.9. The summed E-state index contributed by atoms with van der Waals surface area (Å²) in [6.07, 6.45) is 8.43. The summed E-state index contributed by atoms with van der Waals surface area (Å²) in [6, 6.07) is 1.98. The van der Waals surface area contributed by atoms with Gasteiger partial charge in [0.1, 0.15) is 0 Å². The molecule has 1 fully saturated rings. The monoisotopic (exact) mass is 370 g/mol. The molecule has 0 bridgehead atoms. The van der Waals surface area contributed by atoms with Crippen LogP contribution in [0.1, 0.15) is 41.7 Å². The Morgan fingerprint density at radius 3 is 2.83 bits per heavy atom. The lowest BCUT2D eigenvalue weighted by Crippen LogP contribution is -2.04. The summed E-state index contributed by atoms with van der Waals surface area (Å²) < 4.78 is 2.76. The molecule has 0 spiro atoms. The molecular weight excluding hydrogens is 356 g/mol. The van der Waals surface area contributed by atoms with Gasteiger partial charge in [-0.2, -0.15) is 5.10 Å². The molecule has 3 heterocycles.